The van der Waals surface area contributed by atoms with Crippen LogP contribution in [0.1, 0.15) is 32.6 Å². The molecule has 2 amide bonds. The van der Waals surface area contributed by atoms with E-state index in [0.717, 1.165) is 32.8 Å². The lowest BCUT2D eigenvalue weighted by Crippen LogP contribution is -2.32. The lowest BCUT2D eigenvalue weighted by Gasteiger charge is -2.19. The third-order valence-electron chi connectivity index (χ3n) is 6.42. The molecule has 0 saturated carbocycles. The molecule has 38 heavy (non-hydrogen) atoms. The highest BCUT2D eigenvalue weighted by molar-refractivity contribution is 7.98. The molecule has 188 valence electrons. The molecule has 6 heteroatoms. The van der Waals surface area contributed by atoms with E-state index in [1.54, 1.807) is 40.9 Å². The molecule has 0 saturated heterocycles. The Morgan fingerprint density at radius 2 is 1.50 bits per heavy atom. The summed E-state index contributed by atoms with van der Waals surface area (Å²) in [5, 5.41) is 3.02. The molecule has 0 spiro atoms. The van der Waals surface area contributed by atoms with Crippen molar-refractivity contribution in [1.29, 1.82) is 0 Å². The van der Waals surface area contributed by atoms with Gasteiger partial charge in [-0.3, -0.25) is 14.5 Å². The van der Waals surface area contributed by atoms with E-state index in [0.29, 0.717) is 22.8 Å². The number of amides is 2. The Kier molecular flexibility index (Phi) is 7.24. The number of para-hydroxylation sites is 1. The summed E-state index contributed by atoms with van der Waals surface area (Å²) in [7, 11) is 0. The minimum atomic E-state index is -0.217. The van der Waals surface area contributed by atoms with E-state index in [1.807, 2.05) is 99.0 Å². The zero-order chi connectivity index (χ0) is 26.6. The molecular formula is C32H27N3O2S. The van der Waals surface area contributed by atoms with Crippen LogP contribution in [0.3, 0.4) is 0 Å². The second-order valence-corrected chi connectivity index (χ2v) is 9.89. The molecule has 4 aromatic rings. The van der Waals surface area contributed by atoms with Gasteiger partial charge in [0, 0.05) is 21.7 Å². The molecule has 1 N–H and O–H groups in total. The predicted molar refractivity (Wildman–Crippen MR) is 157 cm³/mol. The van der Waals surface area contributed by atoms with Crippen LogP contribution in [0.4, 0.5) is 11.4 Å². The average molecular weight is 518 g/mol. The molecule has 1 aliphatic heterocycles. The van der Waals surface area contributed by atoms with Crippen LogP contribution < -0.4 is 10.2 Å². The zero-order valence-corrected chi connectivity index (χ0v) is 22.3. The maximum atomic E-state index is 13.6. The summed E-state index contributed by atoms with van der Waals surface area (Å²) < 4.78 is 0. The van der Waals surface area contributed by atoms with Gasteiger partial charge >= 0.3 is 0 Å². The molecule has 5 rings (SSSR count). The highest BCUT2D eigenvalue weighted by Gasteiger charge is 2.32. The summed E-state index contributed by atoms with van der Waals surface area (Å²) in [5.74, 6) is 0.133. The van der Waals surface area contributed by atoms with Crippen LogP contribution in [0.2, 0.25) is 0 Å². The van der Waals surface area contributed by atoms with Gasteiger partial charge in [0.05, 0.1) is 5.69 Å². The third-order valence-corrected chi connectivity index (χ3v) is 7.16. The van der Waals surface area contributed by atoms with Crippen molar-refractivity contribution in [3.63, 3.8) is 0 Å². The van der Waals surface area contributed by atoms with Crippen molar-refractivity contribution in [3.05, 3.63) is 131 Å². The number of aryl methyl sites for hydroxylation is 2. The number of rotatable bonds is 6. The number of hydrogen-bond acceptors (Lipinski definition) is 4. The van der Waals surface area contributed by atoms with Gasteiger partial charge < -0.3 is 5.32 Å². The third kappa shape index (κ3) is 5.17. The van der Waals surface area contributed by atoms with Crippen LogP contribution in [-0.4, -0.2) is 23.9 Å². The molecule has 0 aromatic heterocycles. The van der Waals surface area contributed by atoms with Crippen LogP contribution in [-0.2, 0) is 4.79 Å². The molecule has 0 aliphatic carbocycles. The maximum Gasteiger partial charge on any atom is 0.282 e. The lowest BCUT2D eigenvalue weighted by molar-refractivity contribution is -0.113. The standard InChI is InChI=1S/C32H27N3O2S/c1-21-8-7-9-22(2)29(21)34-31(36)25-14-16-26(17-15-25)35-30(24-10-5-4-6-11-24)33-28(32(35)37)20-23-12-18-27(38-3)19-13-23/h4-20H,1-3H3,(H,34,36)/b28-20-. The molecule has 0 atom stereocenters. The number of benzene rings is 4. The van der Waals surface area contributed by atoms with E-state index in [-0.39, 0.29) is 11.8 Å². The van der Waals surface area contributed by atoms with Crippen LogP contribution in [0.25, 0.3) is 6.08 Å². The maximum absolute atomic E-state index is 13.6. The smallest absolute Gasteiger partial charge is 0.282 e. The monoisotopic (exact) mass is 517 g/mol. The van der Waals surface area contributed by atoms with Crippen LogP contribution >= 0.6 is 11.8 Å². The topological polar surface area (TPSA) is 61.8 Å². The molecule has 0 bridgehead atoms. The van der Waals surface area contributed by atoms with Gasteiger partial charge in [0.2, 0.25) is 0 Å². The quantitative estimate of drug-likeness (QED) is 0.219. The van der Waals surface area contributed by atoms with Crippen molar-refractivity contribution in [1.82, 2.24) is 0 Å². The van der Waals surface area contributed by atoms with E-state index in [1.165, 1.54) is 0 Å². The molecule has 5 nitrogen and oxygen atoms in total. The summed E-state index contributed by atoms with van der Waals surface area (Å²) >= 11 is 1.67. The molecule has 0 unspecified atom stereocenters. The van der Waals surface area contributed by atoms with Crippen molar-refractivity contribution in [2.75, 3.05) is 16.5 Å². The Labute approximate surface area is 226 Å². The van der Waals surface area contributed by atoms with Gasteiger partial charge in [-0.1, -0.05) is 60.7 Å². The van der Waals surface area contributed by atoms with Crippen molar-refractivity contribution in [2.45, 2.75) is 18.7 Å². The summed E-state index contributed by atoms with van der Waals surface area (Å²) in [6.45, 7) is 3.94. The number of thioether (sulfide) groups is 1. The highest BCUT2D eigenvalue weighted by Crippen LogP contribution is 2.29. The van der Waals surface area contributed by atoms with E-state index < -0.39 is 0 Å². The molecule has 1 heterocycles. The summed E-state index contributed by atoms with van der Waals surface area (Å²) in [5.41, 5.74) is 6.06. The van der Waals surface area contributed by atoms with E-state index in [4.69, 9.17) is 4.99 Å². The Morgan fingerprint density at radius 1 is 0.842 bits per heavy atom. The van der Waals surface area contributed by atoms with Gasteiger partial charge in [-0.25, -0.2) is 4.99 Å². The normalized spacial score (nSPS) is 14.1. The fourth-order valence-electron chi connectivity index (χ4n) is 4.35. The summed E-state index contributed by atoms with van der Waals surface area (Å²) in [6, 6.07) is 30.6. The molecule has 0 fully saturated rings. The first-order chi connectivity index (χ1) is 18.4. The second-order valence-electron chi connectivity index (χ2n) is 9.01. The number of aliphatic imine (C=N–C) groups is 1. The zero-order valence-electron chi connectivity index (χ0n) is 21.4. The van der Waals surface area contributed by atoms with Crippen molar-refractivity contribution in [2.24, 2.45) is 4.99 Å². The molecule has 4 aromatic carbocycles. The van der Waals surface area contributed by atoms with Gasteiger partial charge in [-0.15, -0.1) is 11.8 Å². The predicted octanol–water partition coefficient (Wildman–Crippen LogP) is 7.11. The van der Waals surface area contributed by atoms with Gasteiger partial charge in [0.1, 0.15) is 11.5 Å². The molecular weight excluding hydrogens is 490 g/mol. The summed E-state index contributed by atoms with van der Waals surface area (Å²) in [4.78, 5) is 34.1. The van der Waals surface area contributed by atoms with Crippen LogP contribution in [0.5, 0.6) is 0 Å². The lowest BCUT2D eigenvalue weighted by atomic mass is 10.1. The first-order valence-corrected chi connectivity index (χ1v) is 13.5. The minimum absolute atomic E-state index is 0.201. The Balaban J connectivity index is 1.45. The first-order valence-electron chi connectivity index (χ1n) is 12.3. The van der Waals surface area contributed by atoms with Crippen LogP contribution in [0.15, 0.2) is 113 Å². The SMILES string of the molecule is CSc1ccc(/C=C2\N=C(c3ccccc3)N(c3ccc(C(=O)Nc4c(C)cccc4C)cc3)C2=O)cc1. The van der Waals surface area contributed by atoms with Crippen molar-refractivity contribution < 1.29 is 9.59 Å². The molecule has 1 aliphatic rings. The van der Waals surface area contributed by atoms with E-state index in [9.17, 15) is 9.59 Å². The van der Waals surface area contributed by atoms with Crippen molar-refractivity contribution in [3.8, 4) is 0 Å². The Morgan fingerprint density at radius 3 is 2.13 bits per heavy atom. The number of nitrogens with zero attached hydrogens (tertiary/aromatic N) is 2. The highest BCUT2D eigenvalue weighted by atomic mass is 32.2. The molecule has 0 radical (unpaired) electrons. The van der Waals surface area contributed by atoms with Gasteiger partial charge in [-0.05, 0) is 79.3 Å². The number of carbonyl (C=O) groups is 2. The van der Waals surface area contributed by atoms with Crippen molar-refractivity contribution >= 4 is 46.9 Å². The Bertz CT molecular complexity index is 1540. The average Bonchev–Trinajstić information content (AvgIpc) is 3.27. The number of carbonyl (C=O) groups excluding carboxylic acids is 2. The first kappa shape index (κ1) is 25.2. The number of amidine groups is 1. The summed E-state index contributed by atoms with van der Waals surface area (Å²) in [6.07, 6.45) is 3.84. The Hall–Kier alpha value is -4.42. The van der Waals surface area contributed by atoms with Gasteiger partial charge in [-0.2, -0.15) is 0 Å². The number of anilines is 2. The van der Waals surface area contributed by atoms with Crippen LogP contribution in [0, 0.1) is 13.8 Å². The number of nitrogens with one attached hydrogen (secondary N) is 1. The number of hydrogen-bond donors (Lipinski definition) is 1. The largest absolute Gasteiger partial charge is 0.322 e. The fraction of sp³-hybridized carbons (Fsp3) is 0.0938. The van der Waals surface area contributed by atoms with E-state index in [2.05, 4.69) is 5.32 Å². The minimum Gasteiger partial charge on any atom is -0.322 e. The van der Waals surface area contributed by atoms with Gasteiger partial charge in [0.15, 0.2) is 0 Å². The van der Waals surface area contributed by atoms with E-state index >= 15 is 0 Å². The fourth-order valence-corrected chi connectivity index (χ4v) is 4.76. The second kappa shape index (κ2) is 10.9. The van der Waals surface area contributed by atoms with Gasteiger partial charge in [0.25, 0.3) is 11.8 Å².